The van der Waals surface area contributed by atoms with Crippen molar-refractivity contribution in [1.29, 1.82) is 0 Å². The Kier molecular flexibility index (Phi) is 3.73. The number of sulfonamides is 1. The summed E-state index contributed by atoms with van der Waals surface area (Å²) in [6.45, 7) is 0. The quantitative estimate of drug-likeness (QED) is 0.944. The van der Waals surface area contributed by atoms with E-state index >= 15 is 0 Å². The van der Waals surface area contributed by atoms with Gasteiger partial charge < -0.3 is 0 Å². The first kappa shape index (κ1) is 13.8. The van der Waals surface area contributed by atoms with Gasteiger partial charge in [-0.05, 0) is 24.3 Å². The fraction of sp³-hybridized carbons (Fsp3) is 0. The van der Waals surface area contributed by atoms with Crippen LogP contribution in [-0.4, -0.2) is 8.42 Å². The third-order valence-corrected chi connectivity index (χ3v) is 3.94. The number of hydrogen-bond donors (Lipinski definition) is 1. The summed E-state index contributed by atoms with van der Waals surface area (Å²) in [6.07, 6.45) is 0. The lowest BCUT2D eigenvalue weighted by atomic mass is 10.3. The van der Waals surface area contributed by atoms with Crippen molar-refractivity contribution in [2.45, 2.75) is 4.90 Å². The van der Waals surface area contributed by atoms with Gasteiger partial charge in [-0.2, -0.15) is 0 Å². The molecule has 0 radical (unpaired) electrons. The molecule has 3 nitrogen and oxygen atoms in total. The van der Waals surface area contributed by atoms with E-state index in [-0.39, 0.29) is 10.7 Å². The summed E-state index contributed by atoms with van der Waals surface area (Å²) in [5.74, 6) is -1.95. The lowest BCUT2D eigenvalue weighted by Crippen LogP contribution is -2.13. The van der Waals surface area contributed by atoms with E-state index in [1.807, 2.05) is 0 Å². The maximum atomic E-state index is 13.0. The van der Waals surface area contributed by atoms with Gasteiger partial charge in [0.15, 0.2) is 0 Å². The molecule has 0 aromatic heterocycles. The van der Waals surface area contributed by atoms with E-state index in [0.29, 0.717) is 6.07 Å². The maximum absolute atomic E-state index is 13.0. The topological polar surface area (TPSA) is 46.2 Å². The first-order valence-corrected chi connectivity index (χ1v) is 6.98. The largest absolute Gasteiger partial charge is 0.278 e. The summed E-state index contributed by atoms with van der Waals surface area (Å²) in [6, 6.07) is 8.18. The number of nitrogens with one attached hydrogen (secondary N) is 1. The van der Waals surface area contributed by atoms with Gasteiger partial charge in [-0.25, -0.2) is 17.2 Å². The Morgan fingerprint density at radius 3 is 2.16 bits per heavy atom. The van der Waals surface area contributed by atoms with E-state index < -0.39 is 26.6 Å². The molecule has 2 rings (SSSR count). The van der Waals surface area contributed by atoms with E-state index in [0.717, 1.165) is 12.1 Å². The zero-order chi connectivity index (χ0) is 14.0. The summed E-state index contributed by atoms with van der Waals surface area (Å²) in [5, 5.41) is 0.183. The molecule has 0 saturated carbocycles. The second-order valence-corrected chi connectivity index (χ2v) is 5.78. The van der Waals surface area contributed by atoms with Crippen molar-refractivity contribution < 1.29 is 17.2 Å². The predicted octanol–water partition coefficient (Wildman–Crippen LogP) is 3.42. The van der Waals surface area contributed by atoms with E-state index in [1.165, 1.54) is 12.1 Å². The minimum Gasteiger partial charge on any atom is -0.278 e. The van der Waals surface area contributed by atoms with Crippen molar-refractivity contribution in [3.63, 3.8) is 0 Å². The molecule has 100 valence electrons. The number of para-hydroxylation sites is 1. The Balaban J connectivity index is 2.41. The Hall–Kier alpha value is -1.66. The molecule has 0 unspecified atom stereocenters. The van der Waals surface area contributed by atoms with Gasteiger partial charge in [0.2, 0.25) is 0 Å². The van der Waals surface area contributed by atoms with Crippen LogP contribution in [0.2, 0.25) is 5.02 Å². The fourth-order valence-corrected chi connectivity index (χ4v) is 2.79. The lowest BCUT2D eigenvalue weighted by Gasteiger charge is -2.09. The highest BCUT2D eigenvalue weighted by atomic mass is 35.5. The molecule has 1 N–H and O–H groups in total. The average Bonchev–Trinajstić information content (AvgIpc) is 2.31. The highest BCUT2D eigenvalue weighted by Gasteiger charge is 2.17. The number of rotatable bonds is 3. The van der Waals surface area contributed by atoms with Crippen LogP contribution >= 0.6 is 11.6 Å². The van der Waals surface area contributed by atoms with Gasteiger partial charge in [0.1, 0.15) is 11.6 Å². The molecule has 0 aliphatic heterocycles. The van der Waals surface area contributed by atoms with Crippen LogP contribution in [-0.2, 0) is 10.0 Å². The molecule has 0 aliphatic rings. The number of hydrogen-bond acceptors (Lipinski definition) is 2. The predicted molar refractivity (Wildman–Crippen MR) is 68.6 cm³/mol. The number of benzene rings is 2. The van der Waals surface area contributed by atoms with Gasteiger partial charge in [0.25, 0.3) is 10.0 Å². The van der Waals surface area contributed by atoms with Gasteiger partial charge in [0.05, 0.1) is 15.6 Å². The van der Waals surface area contributed by atoms with Crippen LogP contribution in [0.5, 0.6) is 0 Å². The van der Waals surface area contributed by atoms with Crippen LogP contribution in [0.3, 0.4) is 0 Å². The molecule has 2 aromatic carbocycles. The first-order valence-electron chi connectivity index (χ1n) is 5.12. The maximum Gasteiger partial charge on any atom is 0.262 e. The molecule has 19 heavy (non-hydrogen) atoms. The standard InChI is InChI=1S/C12H8ClF2NO2S/c13-11-3-1-2-4-12(11)16-19(17,18)10-6-8(14)5-9(15)7-10/h1-7,16H. The SMILES string of the molecule is O=S(=O)(Nc1ccccc1Cl)c1cc(F)cc(F)c1. The molecular formula is C12H8ClF2NO2S. The van der Waals surface area contributed by atoms with Crippen molar-refractivity contribution >= 4 is 27.3 Å². The first-order chi connectivity index (χ1) is 8.88. The highest BCUT2D eigenvalue weighted by Crippen LogP contribution is 2.24. The van der Waals surface area contributed by atoms with Crippen molar-refractivity contribution in [1.82, 2.24) is 0 Å². The average molecular weight is 304 g/mol. The summed E-state index contributed by atoms with van der Waals surface area (Å²) in [5.41, 5.74) is 0.133. The summed E-state index contributed by atoms with van der Waals surface area (Å²) in [4.78, 5) is -0.509. The third kappa shape index (κ3) is 3.21. The van der Waals surface area contributed by atoms with Crippen molar-refractivity contribution in [3.05, 3.63) is 59.1 Å². The Bertz CT molecular complexity index is 699. The third-order valence-electron chi connectivity index (χ3n) is 2.26. The minimum absolute atomic E-state index is 0.133. The van der Waals surface area contributed by atoms with Crippen LogP contribution in [0.1, 0.15) is 0 Å². The fourth-order valence-electron chi connectivity index (χ4n) is 1.43. The normalized spacial score (nSPS) is 11.3. The molecule has 7 heteroatoms. The number of halogens is 3. The molecular weight excluding hydrogens is 296 g/mol. The molecule has 0 bridgehead atoms. The van der Waals surface area contributed by atoms with Crippen LogP contribution in [0.4, 0.5) is 14.5 Å². The number of anilines is 1. The van der Waals surface area contributed by atoms with Crippen LogP contribution in [0.15, 0.2) is 47.4 Å². The summed E-state index contributed by atoms with van der Waals surface area (Å²) >= 11 is 5.81. The Morgan fingerprint density at radius 1 is 1.00 bits per heavy atom. The van der Waals surface area contributed by atoms with Crippen molar-refractivity contribution in [2.75, 3.05) is 4.72 Å². The van der Waals surface area contributed by atoms with Gasteiger partial charge in [0, 0.05) is 6.07 Å². The lowest BCUT2D eigenvalue weighted by molar-refractivity contribution is 0.568. The Labute approximate surface area is 113 Å². The monoisotopic (exact) mass is 303 g/mol. The van der Waals surface area contributed by atoms with Crippen molar-refractivity contribution in [2.24, 2.45) is 0 Å². The summed E-state index contributed by atoms with van der Waals surface area (Å²) in [7, 11) is -4.10. The highest BCUT2D eigenvalue weighted by molar-refractivity contribution is 7.92. The van der Waals surface area contributed by atoms with Gasteiger partial charge in [-0.1, -0.05) is 23.7 Å². The summed E-state index contributed by atoms with van der Waals surface area (Å²) < 4.78 is 52.1. The zero-order valence-corrected chi connectivity index (χ0v) is 11.0. The second-order valence-electron chi connectivity index (χ2n) is 3.69. The molecule has 0 heterocycles. The molecule has 0 amide bonds. The minimum atomic E-state index is -4.10. The smallest absolute Gasteiger partial charge is 0.262 e. The van der Waals surface area contributed by atoms with Gasteiger partial charge >= 0.3 is 0 Å². The molecule has 0 fully saturated rings. The van der Waals surface area contributed by atoms with E-state index in [9.17, 15) is 17.2 Å². The molecule has 0 aliphatic carbocycles. The Morgan fingerprint density at radius 2 is 1.58 bits per heavy atom. The van der Waals surface area contributed by atoms with Crippen LogP contribution < -0.4 is 4.72 Å². The van der Waals surface area contributed by atoms with E-state index in [2.05, 4.69) is 4.72 Å². The second kappa shape index (κ2) is 5.14. The molecule has 0 spiro atoms. The van der Waals surface area contributed by atoms with E-state index in [1.54, 1.807) is 12.1 Å². The molecule has 0 saturated heterocycles. The van der Waals surface area contributed by atoms with Crippen molar-refractivity contribution in [3.8, 4) is 0 Å². The van der Waals surface area contributed by atoms with Gasteiger partial charge in [-0.15, -0.1) is 0 Å². The molecule has 0 atom stereocenters. The van der Waals surface area contributed by atoms with Crippen LogP contribution in [0.25, 0.3) is 0 Å². The zero-order valence-electron chi connectivity index (χ0n) is 9.40. The van der Waals surface area contributed by atoms with E-state index in [4.69, 9.17) is 11.6 Å². The molecule has 2 aromatic rings. The van der Waals surface area contributed by atoms with Crippen LogP contribution in [0, 0.1) is 11.6 Å². The van der Waals surface area contributed by atoms with Gasteiger partial charge in [-0.3, -0.25) is 4.72 Å².